The van der Waals surface area contributed by atoms with Gasteiger partial charge in [-0.2, -0.15) is 0 Å². The van der Waals surface area contributed by atoms with Crippen LogP contribution in [-0.2, 0) is 14.3 Å². The molecular formula is C57H107NO5. The molecule has 6 nitrogen and oxygen atoms in total. The molecule has 0 fully saturated rings. The summed E-state index contributed by atoms with van der Waals surface area (Å²) in [5, 5.41) is 23.1. The van der Waals surface area contributed by atoms with Gasteiger partial charge in [-0.1, -0.05) is 230 Å². The first-order valence-corrected chi connectivity index (χ1v) is 27.7. The van der Waals surface area contributed by atoms with Crippen LogP contribution in [0.3, 0.4) is 0 Å². The van der Waals surface area contributed by atoms with Crippen LogP contribution in [0.25, 0.3) is 0 Å². The highest BCUT2D eigenvalue weighted by atomic mass is 16.5. The lowest BCUT2D eigenvalue weighted by Gasteiger charge is -2.22. The highest BCUT2D eigenvalue weighted by molar-refractivity contribution is 5.76. The Hall–Kier alpha value is -1.92. The molecule has 0 heterocycles. The van der Waals surface area contributed by atoms with Crippen LogP contribution < -0.4 is 5.32 Å². The van der Waals surface area contributed by atoms with Gasteiger partial charge in [0.05, 0.1) is 25.4 Å². The molecule has 370 valence electrons. The van der Waals surface area contributed by atoms with Crippen molar-refractivity contribution in [2.75, 3.05) is 13.2 Å². The second kappa shape index (κ2) is 52.7. The van der Waals surface area contributed by atoms with Crippen LogP contribution in [0.4, 0.5) is 0 Å². The standard InChI is InChI=1S/C57H107NO5/c1-3-5-7-9-11-13-14-15-28-31-35-39-43-47-51-57(62)63-52-48-44-40-36-32-29-26-24-22-20-18-16-17-19-21-23-25-27-30-34-38-42-46-50-56(61)58-54(53-59)55(60)49-45-41-37-33-12-10-8-6-4-2/h14-16,18-19,21,54-55,59-60H,3-13,17,20,22-53H2,1-2H3,(H,58,61)/b15-14-,18-16-,21-19-. The maximum absolute atomic E-state index is 12.4. The van der Waals surface area contributed by atoms with Gasteiger partial charge in [-0.25, -0.2) is 0 Å². The summed E-state index contributed by atoms with van der Waals surface area (Å²) >= 11 is 0. The maximum atomic E-state index is 12.4. The molecule has 2 atom stereocenters. The second-order valence-corrected chi connectivity index (χ2v) is 18.9. The van der Waals surface area contributed by atoms with Crippen LogP contribution in [0.5, 0.6) is 0 Å². The van der Waals surface area contributed by atoms with E-state index in [-0.39, 0.29) is 18.5 Å². The molecule has 0 radical (unpaired) electrons. The number of carbonyl (C=O) groups is 2. The van der Waals surface area contributed by atoms with Crippen molar-refractivity contribution >= 4 is 11.9 Å². The van der Waals surface area contributed by atoms with E-state index in [0.29, 0.717) is 25.9 Å². The molecule has 0 bridgehead atoms. The summed E-state index contributed by atoms with van der Waals surface area (Å²) in [4.78, 5) is 24.4. The number of hydrogen-bond donors (Lipinski definition) is 3. The number of esters is 1. The molecule has 63 heavy (non-hydrogen) atoms. The topological polar surface area (TPSA) is 95.9 Å². The number of ether oxygens (including phenoxy) is 1. The van der Waals surface area contributed by atoms with Crippen molar-refractivity contribution in [3.05, 3.63) is 36.5 Å². The van der Waals surface area contributed by atoms with E-state index >= 15 is 0 Å². The minimum absolute atomic E-state index is 0.00204. The number of unbranched alkanes of at least 4 members (excludes halogenated alkanes) is 34. The molecule has 0 saturated carbocycles. The van der Waals surface area contributed by atoms with Crippen LogP contribution in [0.15, 0.2) is 36.5 Å². The Kier molecular flexibility index (Phi) is 51.1. The van der Waals surface area contributed by atoms with Crippen molar-refractivity contribution in [1.29, 1.82) is 0 Å². The van der Waals surface area contributed by atoms with Crippen molar-refractivity contribution in [3.8, 4) is 0 Å². The van der Waals surface area contributed by atoms with Crippen molar-refractivity contribution in [2.45, 2.75) is 302 Å². The SMILES string of the molecule is CCCCCCC/C=C\CCCCCCCC(=O)OCCCCCCCCCCC/C=C\C/C=C\CCCCCCCCCC(=O)NC(CO)C(O)CCCCCCCCCCC. The van der Waals surface area contributed by atoms with Crippen LogP contribution in [0, 0.1) is 0 Å². The number of amides is 1. The number of aliphatic hydroxyl groups excluding tert-OH is 2. The fourth-order valence-corrected chi connectivity index (χ4v) is 8.37. The lowest BCUT2D eigenvalue weighted by Crippen LogP contribution is -2.45. The lowest BCUT2D eigenvalue weighted by molar-refractivity contribution is -0.143. The molecule has 0 saturated heterocycles. The minimum atomic E-state index is -0.669. The van der Waals surface area contributed by atoms with Crippen molar-refractivity contribution in [1.82, 2.24) is 5.32 Å². The number of aliphatic hydroxyl groups is 2. The number of nitrogens with one attached hydrogen (secondary N) is 1. The van der Waals surface area contributed by atoms with Crippen LogP contribution in [0.2, 0.25) is 0 Å². The lowest BCUT2D eigenvalue weighted by atomic mass is 10.0. The number of rotatable bonds is 51. The zero-order valence-corrected chi connectivity index (χ0v) is 42.1. The Morgan fingerprint density at radius 1 is 0.444 bits per heavy atom. The average Bonchev–Trinajstić information content (AvgIpc) is 3.28. The molecule has 2 unspecified atom stereocenters. The van der Waals surface area contributed by atoms with Gasteiger partial charge < -0.3 is 20.3 Å². The Labute approximate surface area is 392 Å². The third kappa shape index (κ3) is 49.4. The molecule has 0 aliphatic carbocycles. The molecule has 0 aromatic rings. The second-order valence-electron chi connectivity index (χ2n) is 18.9. The summed E-state index contributed by atoms with van der Waals surface area (Å²) in [6.07, 6.45) is 64.3. The van der Waals surface area contributed by atoms with E-state index < -0.39 is 12.1 Å². The van der Waals surface area contributed by atoms with Crippen LogP contribution >= 0.6 is 0 Å². The van der Waals surface area contributed by atoms with E-state index in [9.17, 15) is 19.8 Å². The fraction of sp³-hybridized carbons (Fsp3) is 0.860. The van der Waals surface area contributed by atoms with Gasteiger partial charge in [0, 0.05) is 12.8 Å². The summed E-state index contributed by atoms with van der Waals surface area (Å²) in [5.41, 5.74) is 0. The summed E-state index contributed by atoms with van der Waals surface area (Å²) < 4.78 is 5.46. The Balaban J connectivity index is 3.43. The molecule has 0 aliphatic heterocycles. The number of carbonyl (C=O) groups excluding carboxylic acids is 2. The molecule has 0 rings (SSSR count). The van der Waals surface area contributed by atoms with Crippen molar-refractivity contribution in [3.63, 3.8) is 0 Å². The van der Waals surface area contributed by atoms with E-state index in [1.54, 1.807) is 0 Å². The van der Waals surface area contributed by atoms with Gasteiger partial charge in [-0.15, -0.1) is 0 Å². The van der Waals surface area contributed by atoms with Gasteiger partial charge in [0.25, 0.3) is 0 Å². The van der Waals surface area contributed by atoms with Gasteiger partial charge in [0.2, 0.25) is 5.91 Å². The van der Waals surface area contributed by atoms with Gasteiger partial charge in [0.1, 0.15) is 0 Å². The first kappa shape index (κ1) is 61.1. The molecule has 1 amide bonds. The highest BCUT2D eigenvalue weighted by Crippen LogP contribution is 2.16. The highest BCUT2D eigenvalue weighted by Gasteiger charge is 2.20. The van der Waals surface area contributed by atoms with E-state index in [0.717, 1.165) is 57.8 Å². The zero-order chi connectivity index (χ0) is 45.8. The number of hydrogen-bond acceptors (Lipinski definition) is 5. The third-order valence-electron chi connectivity index (χ3n) is 12.7. The summed E-state index contributed by atoms with van der Waals surface area (Å²) in [6, 6.07) is -0.547. The van der Waals surface area contributed by atoms with E-state index in [1.165, 1.54) is 199 Å². The first-order chi connectivity index (χ1) is 31.0. The van der Waals surface area contributed by atoms with Gasteiger partial charge in [0.15, 0.2) is 0 Å². The molecule has 6 heteroatoms. The van der Waals surface area contributed by atoms with Crippen LogP contribution in [-0.4, -0.2) is 47.4 Å². The number of allylic oxidation sites excluding steroid dienone is 6. The van der Waals surface area contributed by atoms with E-state index in [2.05, 4.69) is 55.6 Å². The fourth-order valence-electron chi connectivity index (χ4n) is 8.37. The molecule has 0 aromatic carbocycles. The largest absolute Gasteiger partial charge is 0.466 e. The van der Waals surface area contributed by atoms with Crippen molar-refractivity contribution < 1.29 is 24.5 Å². The Bertz CT molecular complexity index is 1020. The molecule has 0 spiro atoms. The molecule has 3 N–H and O–H groups in total. The predicted molar refractivity (Wildman–Crippen MR) is 273 cm³/mol. The first-order valence-electron chi connectivity index (χ1n) is 27.7. The maximum Gasteiger partial charge on any atom is 0.305 e. The minimum Gasteiger partial charge on any atom is -0.466 e. The normalized spacial score (nSPS) is 12.9. The quantitative estimate of drug-likeness (QED) is 0.0321. The summed E-state index contributed by atoms with van der Waals surface area (Å²) in [7, 11) is 0. The summed E-state index contributed by atoms with van der Waals surface area (Å²) in [6.45, 7) is 4.91. The van der Waals surface area contributed by atoms with Crippen LogP contribution in [0.1, 0.15) is 290 Å². The summed E-state index contributed by atoms with van der Waals surface area (Å²) in [5.74, 6) is -0.0504. The molecule has 0 aromatic heterocycles. The Morgan fingerprint density at radius 3 is 1.22 bits per heavy atom. The molecular weight excluding hydrogens is 779 g/mol. The smallest absolute Gasteiger partial charge is 0.305 e. The van der Waals surface area contributed by atoms with E-state index in [4.69, 9.17) is 4.74 Å². The zero-order valence-electron chi connectivity index (χ0n) is 42.1. The molecule has 0 aliphatic rings. The average molecular weight is 886 g/mol. The van der Waals surface area contributed by atoms with Gasteiger partial charge in [-0.05, 0) is 83.5 Å². The van der Waals surface area contributed by atoms with E-state index in [1.807, 2.05) is 0 Å². The monoisotopic (exact) mass is 886 g/mol. The van der Waals surface area contributed by atoms with Crippen molar-refractivity contribution in [2.24, 2.45) is 0 Å². The van der Waals surface area contributed by atoms with Gasteiger partial charge >= 0.3 is 5.97 Å². The Morgan fingerprint density at radius 2 is 0.794 bits per heavy atom. The third-order valence-corrected chi connectivity index (χ3v) is 12.7. The van der Waals surface area contributed by atoms with Gasteiger partial charge in [-0.3, -0.25) is 9.59 Å². The predicted octanol–water partition coefficient (Wildman–Crippen LogP) is 16.9.